The van der Waals surface area contributed by atoms with Crippen LogP contribution in [0.1, 0.15) is 38.5 Å². The molecule has 7 heteroatoms. The Morgan fingerprint density at radius 3 is 2.73 bits per heavy atom. The standard InChI is InChI=1S/C15H24N4O3/c1-22-15(5-3-2-4-6-15)13(20)18-9-7-14(21,11-18)12-19-10-8-16-17-19/h8,10,21H,2-7,9,11-12H2,1H3. The second-order valence-corrected chi connectivity index (χ2v) is 6.56. The van der Waals surface area contributed by atoms with Gasteiger partial charge in [0.2, 0.25) is 0 Å². The van der Waals surface area contributed by atoms with Gasteiger partial charge in [-0.2, -0.15) is 0 Å². The number of β-amino-alcohol motifs (C(OH)–C–C–N with tert-alkyl or cyclic N) is 1. The minimum Gasteiger partial charge on any atom is -0.386 e. The number of ether oxygens (including phenoxy) is 1. The van der Waals surface area contributed by atoms with Crippen molar-refractivity contribution in [1.82, 2.24) is 19.9 Å². The van der Waals surface area contributed by atoms with Gasteiger partial charge in [0.1, 0.15) is 11.2 Å². The smallest absolute Gasteiger partial charge is 0.254 e. The van der Waals surface area contributed by atoms with Gasteiger partial charge in [0, 0.05) is 19.9 Å². The highest BCUT2D eigenvalue weighted by Crippen LogP contribution is 2.35. The summed E-state index contributed by atoms with van der Waals surface area (Å²) in [6, 6.07) is 0. The Bertz CT molecular complexity index is 513. The molecular formula is C15H24N4O3. The fourth-order valence-electron chi connectivity index (χ4n) is 3.69. The molecule has 1 saturated heterocycles. The number of methoxy groups -OCH3 is 1. The molecule has 1 unspecified atom stereocenters. The molecule has 0 spiro atoms. The number of likely N-dealkylation sites (tertiary alicyclic amines) is 1. The van der Waals surface area contributed by atoms with Crippen molar-refractivity contribution in [2.24, 2.45) is 0 Å². The van der Waals surface area contributed by atoms with Gasteiger partial charge < -0.3 is 14.7 Å². The molecule has 0 aromatic carbocycles. The van der Waals surface area contributed by atoms with E-state index >= 15 is 0 Å². The van der Waals surface area contributed by atoms with Crippen molar-refractivity contribution in [1.29, 1.82) is 0 Å². The van der Waals surface area contributed by atoms with E-state index in [4.69, 9.17) is 4.74 Å². The Balaban J connectivity index is 1.67. The summed E-state index contributed by atoms with van der Waals surface area (Å²) in [7, 11) is 1.63. The van der Waals surface area contributed by atoms with Crippen molar-refractivity contribution in [3.8, 4) is 0 Å². The first-order chi connectivity index (χ1) is 10.6. The molecule has 1 amide bonds. The van der Waals surface area contributed by atoms with Gasteiger partial charge in [0.15, 0.2) is 0 Å². The van der Waals surface area contributed by atoms with Crippen LogP contribution in [-0.2, 0) is 16.1 Å². The summed E-state index contributed by atoms with van der Waals surface area (Å²) in [6.45, 7) is 1.25. The molecular weight excluding hydrogens is 284 g/mol. The molecule has 2 fully saturated rings. The Labute approximate surface area is 130 Å². The Morgan fingerprint density at radius 2 is 2.09 bits per heavy atom. The van der Waals surface area contributed by atoms with Crippen LogP contribution in [0.15, 0.2) is 12.4 Å². The molecule has 1 atom stereocenters. The van der Waals surface area contributed by atoms with Crippen LogP contribution in [0.4, 0.5) is 0 Å². The lowest BCUT2D eigenvalue weighted by Gasteiger charge is -2.37. The highest BCUT2D eigenvalue weighted by molar-refractivity contribution is 5.85. The molecule has 2 heterocycles. The van der Waals surface area contributed by atoms with Gasteiger partial charge in [-0.15, -0.1) is 5.10 Å². The molecule has 1 aliphatic carbocycles. The first-order valence-electron chi connectivity index (χ1n) is 7.98. The zero-order chi connectivity index (χ0) is 15.6. The zero-order valence-corrected chi connectivity index (χ0v) is 13.1. The SMILES string of the molecule is COC1(C(=O)N2CCC(O)(Cn3ccnn3)C2)CCCCC1. The summed E-state index contributed by atoms with van der Waals surface area (Å²) < 4.78 is 7.24. The predicted octanol–water partition coefficient (Wildman–Crippen LogP) is 0.591. The molecule has 3 rings (SSSR count). The van der Waals surface area contributed by atoms with E-state index in [1.54, 1.807) is 29.1 Å². The summed E-state index contributed by atoms with van der Waals surface area (Å²) in [5.74, 6) is 0.0317. The van der Waals surface area contributed by atoms with Crippen molar-refractivity contribution in [2.75, 3.05) is 20.2 Å². The van der Waals surface area contributed by atoms with E-state index in [0.29, 0.717) is 26.1 Å². The van der Waals surface area contributed by atoms with Gasteiger partial charge >= 0.3 is 0 Å². The van der Waals surface area contributed by atoms with Crippen LogP contribution >= 0.6 is 0 Å². The van der Waals surface area contributed by atoms with Crippen LogP contribution in [0.2, 0.25) is 0 Å². The van der Waals surface area contributed by atoms with Crippen LogP contribution < -0.4 is 0 Å². The predicted molar refractivity (Wildman–Crippen MR) is 79.0 cm³/mol. The van der Waals surface area contributed by atoms with Crippen molar-refractivity contribution >= 4 is 5.91 Å². The summed E-state index contributed by atoms with van der Waals surface area (Å²) in [5, 5.41) is 18.4. The number of carbonyl (C=O) groups is 1. The molecule has 2 aliphatic rings. The number of nitrogens with zero attached hydrogens (tertiary/aromatic N) is 4. The van der Waals surface area contributed by atoms with Crippen LogP contribution in [0.3, 0.4) is 0 Å². The van der Waals surface area contributed by atoms with E-state index < -0.39 is 11.2 Å². The van der Waals surface area contributed by atoms with Gasteiger partial charge in [-0.05, 0) is 19.3 Å². The maximum absolute atomic E-state index is 12.9. The topological polar surface area (TPSA) is 80.5 Å². The quantitative estimate of drug-likeness (QED) is 0.880. The molecule has 1 aliphatic heterocycles. The number of rotatable bonds is 4. The number of aromatic nitrogens is 3. The van der Waals surface area contributed by atoms with Gasteiger partial charge in [-0.1, -0.05) is 24.5 Å². The molecule has 1 aromatic heterocycles. The Kier molecular flexibility index (Phi) is 4.18. The second kappa shape index (κ2) is 5.96. The van der Waals surface area contributed by atoms with Crippen molar-refractivity contribution in [2.45, 2.75) is 56.3 Å². The lowest BCUT2D eigenvalue weighted by molar-refractivity contribution is -0.159. The summed E-state index contributed by atoms with van der Waals surface area (Å²) in [4.78, 5) is 14.7. The average molecular weight is 308 g/mol. The number of hydrogen-bond donors (Lipinski definition) is 1. The van der Waals surface area contributed by atoms with Crippen LogP contribution in [0.25, 0.3) is 0 Å². The molecule has 1 saturated carbocycles. The lowest BCUT2D eigenvalue weighted by atomic mass is 9.83. The van der Waals surface area contributed by atoms with Crippen LogP contribution in [0.5, 0.6) is 0 Å². The Morgan fingerprint density at radius 1 is 1.32 bits per heavy atom. The maximum atomic E-state index is 12.9. The number of carbonyl (C=O) groups excluding carboxylic acids is 1. The van der Waals surface area contributed by atoms with Crippen molar-refractivity contribution < 1.29 is 14.6 Å². The van der Waals surface area contributed by atoms with Gasteiger partial charge in [-0.25, -0.2) is 4.68 Å². The highest BCUT2D eigenvalue weighted by atomic mass is 16.5. The zero-order valence-electron chi connectivity index (χ0n) is 13.1. The highest BCUT2D eigenvalue weighted by Gasteiger charge is 2.47. The van der Waals surface area contributed by atoms with Gasteiger partial charge in [-0.3, -0.25) is 4.79 Å². The van der Waals surface area contributed by atoms with E-state index in [1.807, 2.05) is 0 Å². The normalized spacial score (nSPS) is 28.0. The number of amides is 1. The third kappa shape index (κ3) is 2.87. The molecule has 7 nitrogen and oxygen atoms in total. The van der Waals surface area contributed by atoms with Gasteiger partial charge in [0.25, 0.3) is 5.91 Å². The summed E-state index contributed by atoms with van der Waals surface area (Å²) in [5.41, 5.74) is -1.62. The average Bonchev–Trinajstić information content (AvgIpc) is 3.17. The van der Waals surface area contributed by atoms with Crippen molar-refractivity contribution in [3.63, 3.8) is 0 Å². The monoisotopic (exact) mass is 308 g/mol. The molecule has 122 valence electrons. The van der Waals surface area contributed by atoms with E-state index in [0.717, 1.165) is 32.1 Å². The van der Waals surface area contributed by atoms with E-state index in [-0.39, 0.29) is 5.91 Å². The van der Waals surface area contributed by atoms with Crippen LogP contribution in [0, 0.1) is 0 Å². The van der Waals surface area contributed by atoms with Crippen molar-refractivity contribution in [3.05, 3.63) is 12.4 Å². The fraction of sp³-hybridized carbons (Fsp3) is 0.800. The van der Waals surface area contributed by atoms with E-state index in [2.05, 4.69) is 10.3 Å². The van der Waals surface area contributed by atoms with Crippen LogP contribution in [-0.4, -0.2) is 62.3 Å². The summed E-state index contributed by atoms with van der Waals surface area (Å²) in [6.07, 6.45) is 8.63. The molecule has 1 aromatic rings. The molecule has 1 N–H and O–H groups in total. The molecule has 0 bridgehead atoms. The number of hydrogen-bond acceptors (Lipinski definition) is 5. The number of aliphatic hydroxyl groups is 1. The van der Waals surface area contributed by atoms with E-state index in [9.17, 15) is 9.90 Å². The van der Waals surface area contributed by atoms with E-state index in [1.165, 1.54) is 0 Å². The first kappa shape index (κ1) is 15.4. The Hall–Kier alpha value is -1.47. The largest absolute Gasteiger partial charge is 0.386 e. The molecule has 22 heavy (non-hydrogen) atoms. The lowest BCUT2D eigenvalue weighted by Crippen LogP contribution is -2.52. The third-order valence-electron chi connectivity index (χ3n) is 4.99. The maximum Gasteiger partial charge on any atom is 0.254 e. The first-order valence-corrected chi connectivity index (χ1v) is 7.98. The molecule has 0 radical (unpaired) electrons. The van der Waals surface area contributed by atoms with Gasteiger partial charge in [0.05, 0.1) is 19.3 Å². The second-order valence-electron chi connectivity index (χ2n) is 6.56. The fourth-order valence-corrected chi connectivity index (χ4v) is 3.69. The summed E-state index contributed by atoms with van der Waals surface area (Å²) >= 11 is 0. The third-order valence-corrected chi connectivity index (χ3v) is 4.99. The minimum atomic E-state index is -0.938. The minimum absolute atomic E-state index is 0.0317.